The molecule has 6 nitrogen and oxygen atoms in total. The highest BCUT2D eigenvalue weighted by atomic mass is 79.9. The highest BCUT2D eigenvalue weighted by molar-refractivity contribution is 9.11. The van der Waals surface area contributed by atoms with Crippen LogP contribution in [0.2, 0.25) is 10.0 Å². The van der Waals surface area contributed by atoms with Crippen LogP contribution in [0.15, 0.2) is 75.2 Å². The summed E-state index contributed by atoms with van der Waals surface area (Å²) < 4.78 is 18.3. The number of hydrogen-bond acceptors (Lipinski definition) is 5. The van der Waals surface area contributed by atoms with E-state index in [1.54, 1.807) is 42.5 Å². The van der Waals surface area contributed by atoms with Crippen LogP contribution in [-0.4, -0.2) is 25.8 Å². The Morgan fingerprint density at radius 1 is 1.09 bits per heavy atom. The minimum absolute atomic E-state index is 0.212. The molecule has 0 unspecified atom stereocenters. The number of halogens is 4. The molecule has 0 fully saturated rings. The van der Waals surface area contributed by atoms with Crippen molar-refractivity contribution in [1.82, 2.24) is 5.43 Å². The number of carbonyl (C=O) groups excluding carboxylic acids is 1. The molecule has 35 heavy (non-hydrogen) atoms. The lowest BCUT2D eigenvalue weighted by Gasteiger charge is -2.13. The Labute approximate surface area is 230 Å². The Bertz CT molecular complexity index is 1270. The SMILES string of the molecule is C=CCOc1ccc(C(=O)N/N=C/c2cc(Br)cc(Br)c2OCc2ccc(Cl)cc2Cl)cc1OC. The van der Waals surface area contributed by atoms with Crippen LogP contribution in [0.5, 0.6) is 17.2 Å². The zero-order chi connectivity index (χ0) is 25.4. The van der Waals surface area contributed by atoms with Gasteiger partial charge in [0.25, 0.3) is 5.91 Å². The van der Waals surface area contributed by atoms with Crippen LogP contribution in [-0.2, 0) is 6.61 Å². The molecule has 3 aromatic rings. The molecule has 3 rings (SSSR count). The normalized spacial score (nSPS) is 10.8. The summed E-state index contributed by atoms with van der Waals surface area (Å²) in [5.74, 6) is 1.05. The van der Waals surface area contributed by atoms with Crippen LogP contribution in [0.3, 0.4) is 0 Å². The van der Waals surface area contributed by atoms with Gasteiger partial charge in [0, 0.05) is 31.2 Å². The van der Waals surface area contributed by atoms with E-state index in [1.165, 1.54) is 13.3 Å². The second-order valence-electron chi connectivity index (χ2n) is 6.99. The first-order chi connectivity index (χ1) is 16.8. The quantitative estimate of drug-likeness (QED) is 0.142. The lowest BCUT2D eigenvalue weighted by atomic mass is 10.2. The molecule has 0 aliphatic heterocycles. The number of benzene rings is 3. The molecule has 0 aliphatic carbocycles. The third-order valence-electron chi connectivity index (χ3n) is 4.58. The van der Waals surface area contributed by atoms with Gasteiger partial charge in [0.05, 0.1) is 17.8 Å². The maximum atomic E-state index is 12.6. The van der Waals surface area contributed by atoms with Crippen molar-refractivity contribution < 1.29 is 19.0 Å². The molecule has 182 valence electrons. The molecule has 0 radical (unpaired) electrons. The van der Waals surface area contributed by atoms with Gasteiger partial charge >= 0.3 is 0 Å². The molecule has 0 aromatic heterocycles. The monoisotopic (exact) mass is 640 g/mol. The van der Waals surface area contributed by atoms with E-state index in [0.717, 1.165) is 10.0 Å². The Hall–Kier alpha value is -2.52. The number of methoxy groups -OCH3 is 1. The van der Waals surface area contributed by atoms with Crippen LogP contribution in [0.25, 0.3) is 0 Å². The average Bonchev–Trinajstić information content (AvgIpc) is 2.83. The van der Waals surface area contributed by atoms with Gasteiger partial charge in [-0.2, -0.15) is 5.10 Å². The second kappa shape index (κ2) is 13.0. The smallest absolute Gasteiger partial charge is 0.271 e. The van der Waals surface area contributed by atoms with Crippen molar-refractivity contribution in [2.75, 3.05) is 13.7 Å². The fourth-order valence-electron chi connectivity index (χ4n) is 2.92. The molecular weight excluding hydrogens is 623 g/mol. The largest absolute Gasteiger partial charge is 0.493 e. The summed E-state index contributed by atoms with van der Waals surface area (Å²) in [7, 11) is 1.50. The molecule has 1 amide bonds. The Morgan fingerprint density at radius 3 is 2.60 bits per heavy atom. The lowest BCUT2D eigenvalue weighted by Crippen LogP contribution is -2.17. The maximum absolute atomic E-state index is 12.6. The van der Waals surface area contributed by atoms with Crippen molar-refractivity contribution in [2.45, 2.75) is 6.61 Å². The number of hydrazone groups is 1. The summed E-state index contributed by atoms with van der Waals surface area (Å²) >= 11 is 19.2. The van der Waals surface area contributed by atoms with Gasteiger partial charge in [-0.05, 0) is 58.4 Å². The first-order valence-corrected chi connectivity index (χ1v) is 12.5. The van der Waals surface area contributed by atoms with E-state index < -0.39 is 5.91 Å². The van der Waals surface area contributed by atoms with E-state index in [0.29, 0.717) is 49.5 Å². The van der Waals surface area contributed by atoms with Gasteiger partial charge in [-0.15, -0.1) is 0 Å². The molecule has 1 N–H and O–H groups in total. The first kappa shape index (κ1) is 27.1. The second-order valence-corrected chi connectivity index (χ2v) is 9.61. The van der Waals surface area contributed by atoms with E-state index in [-0.39, 0.29) is 6.61 Å². The minimum atomic E-state index is -0.417. The maximum Gasteiger partial charge on any atom is 0.271 e. The third kappa shape index (κ3) is 7.48. The molecule has 10 heteroatoms. The van der Waals surface area contributed by atoms with Gasteiger partial charge in [-0.3, -0.25) is 4.79 Å². The van der Waals surface area contributed by atoms with E-state index in [2.05, 4.69) is 49.0 Å². The summed E-state index contributed by atoms with van der Waals surface area (Å²) in [6.45, 7) is 4.15. The van der Waals surface area contributed by atoms with E-state index >= 15 is 0 Å². The number of nitrogens with zero attached hydrogens (tertiary/aromatic N) is 1. The summed E-state index contributed by atoms with van der Waals surface area (Å²) in [5.41, 5.74) is 4.27. The van der Waals surface area contributed by atoms with Gasteiger partial charge < -0.3 is 14.2 Å². The van der Waals surface area contributed by atoms with Crippen LogP contribution in [0.4, 0.5) is 0 Å². The van der Waals surface area contributed by atoms with E-state index in [1.807, 2.05) is 12.1 Å². The summed E-state index contributed by atoms with van der Waals surface area (Å²) in [6.07, 6.45) is 3.11. The van der Waals surface area contributed by atoms with Crippen molar-refractivity contribution in [3.63, 3.8) is 0 Å². The van der Waals surface area contributed by atoms with Crippen molar-refractivity contribution >= 4 is 67.2 Å². The standard InChI is InChI=1S/C25H20Br2Cl2N2O4/c1-3-8-34-22-7-5-15(10-23(22)33-2)25(32)31-30-13-17-9-18(26)11-20(27)24(17)35-14-16-4-6-19(28)12-21(16)29/h3-7,9-13H,1,8,14H2,2H3,(H,31,32)/b30-13+. The molecule has 0 spiro atoms. The van der Waals surface area contributed by atoms with Gasteiger partial charge in [0.2, 0.25) is 0 Å². The van der Waals surface area contributed by atoms with Gasteiger partial charge in [-0.1, -0.05) is 57.9 Å². The fraction of sp³-hybridized carbons (Fsp3) is 0.120. The zero-order valence-corrected chi connectivity index (χ0v) is 23.2. The first-order valence-electron chi connectivity index (χ1n) is 10.1. The lowest BCUT2D eigenvalue weighted by molar-refractivity contribution is 0.0954. The van der Waals surface area contributed by atoms with Crippen molar-refractivity contribution in [3.8, 4) is 17.2 Å². The molecule has 3 aromatic carbocycles. The van der Waals surface area contributed by atoms with E-state index in [9.17, 15) is 4.79 Å². The molecule has 0 bridgehead atoms. The average molecular weight is 643 g/mol. The van der Waals surface area contributed by atoms with Crippen molar-refractivity contribution in [2.24, 2.45) is 5.10 Å². The van der Waals surface area contributed by atoms with E-state index in [4.69, 9.17) is 37.4 Å². The Balaban J connectivity index is 1.74. The van der Waals surface area contributed by atoms with Gasteiger partial charge in [0.15, 0.2) is 11.5 Å². The molecule has 0 atom stereocenters. The molecule has 0 heterocycles. The third-order valence-corrected chi connectivity index (χ3v) is 6.21. The summed E-state index contributed by atoms with van der Waals surface area (Å²) in [6, 6.07) is 13.7. The van der Waals surface area contributed by atoms with Gasteiger partial charge in [0.1, 0.15) is 19.0 Å². The van der Waals surface area contributed by atoms with Crippen molar-refractivity contribution in [3.05, 3.63) is 96.9 Å². The highest BCUT2D eigenvalue weighted by Crippen LogP contribution is 2.33. The zero-order valence-electron chi connectivity index (χ0n) is 18.5. The topological polar surface area (TPSA) is 69.2 Å². The highest BCUT2D eigenvalue weighted by Gasteiger charge is 2.13. The predicted molar refractivity (Wildman–Crippen MR) is 146 cm³/mol. The van der Waals surface area contributed by atoms with Crippen LogP contribution in [0, 0.1) is 0 Å². The number of carbonyl (C=O) groups is 1. The molecule has 0 saturated carbocycles. The number of ether oxygens (including phenoxy) is 3. The fourth-order valence-corrected chi connectivity index (χ4v) is 4.75. The van der Waals surface area contributed by atoms with Crippen molar-refractivity contribution in [1.29, 1.82) is 0 Å². The van der Waals surface area contributed by atoms with Crippen LogP contribution >= 0.6 is 55.1 Å². The number of hydrogen-bond donors (Lipinski definition) is 1. The number of nitrogens with one attached hydrogen (secondary N) is 1. The number of amides is 1. The molecular formula is C25H20Br2Cl2N2O4. The minimum Gasteiger partial charge on any atom is -0.493 e. The summed E-state index contributed by atoms with van der Waals surface area (Å²) in [5, 5.41) is 5.15. The molecule has 0 aliphatic rings. The Morgan fingerprint density at radius 2 is 1.89 bits per heavy atom. The van der Waals surface area contributed by atoms with Crippen LogP contribution < -0.4 is 19.6 Å². The molecule has 0 saturated heterocycles. The Kier molecular flexibility index (Phi) is 10.0. The number of rotatable bonds is 10. The van der Waals surface area contributed by atoms with Gasteiger partial charge in [-0.25, -0.2) is 5.43 Å². The van der Waals surface area contributed by atoms with Crippen LogP contribution in [0.1, 0.15) is 21.5 Å². The predicted octanol–water partition coefficient (Wildman–Crippen LogP) is 7.43. The summed E-state index contributed by atoms with van der Waals surface area (Å²) in [4.78, 5) is 12.6.